The smallest absolute Gasteiger partial charge is 0.342 e. The highest BCUT2D eigenvalue weighted by molar-refractivity contribution is 6.07. The Morgan fingerprint density at radius 2 is 1.93 bits per heavy atom. The van der Waals surface area contributed by atoms with Gasteiger partial charge in [0.15, 0.2) is 0 Å². The molecule has 1 aromatic carbocycles. The number of carboxylic acids is 2. The molecule has 8 heteroatoms. The molecule has 0 unspecified atom stereocenters. The Labute approximate surface area is 155 Å². The number of aryl methyl sites for hydroxylation is 1. The molecule has 0 amide bonds. The van der Waals surface area contributed by atoms with Gasteiger partial charge in [-0.2, -0.15) is 0 Å². The number of nitrogens with one attached hydrogen (secondary N) is 1. The topological polar surface area (TPSA) is 137 Å². The quantitative estimate of drug-likeness (QED) is 0.632. The number of carboxylic acid groups (broad SMARTS) is 2. The van der Waals surface area contributed by atoms with Crippen LogP contribution in [0.5, 0.6) is 0 Å². The maximum atomic E-state index is 12.2. The van der Waals surface area contributed by atoms with E-state index in [-0.39, 0.29) is 11.4 Å². The minimum absolute atomic E-state index is 0.160. The molecule has 3 rings (SSSR count). The number of carbonyl (C=O) groups is 2. The van der Waals surface area contributed by atoms with Gasteiger partial charge < -0.3 is 25.8 Å². The number of pyridine rings is 1. The van der Waals surface area contributed by atoms with Crippen LogP contribution < -0.4 is 16.2 Å². The predicted molar refractivity (Wildman–Crippen MR) is 102 cm³/mol. The van der Waals surface area contributed by atoms with E-state index in [1.165, 1.54) is 0 Å². The van der Waals surface area contributed by atoms with Gasteiger partial charge in [0.1, 0.15) is 16.9 Å². The molecule has 0 fully saturated rings. The van der Waals surface area contributed by atoms with Gasteiger partial charge in [-0.25, -0.2) is 9.59 Å². The fourth-order valence-corrected chi connectivity index (χ4v) is 3.67. The van der Waals surface area contributed by atoms with Gasteiger partial charge >= 0.3 is 11.9 Å². The minimum Gasteiger partial charge on any atom is -0.478 e. The van der Waals surface area contributed by atoms with Gasteiger partial charge in [0, 0.05) is 24.3 Å². The lowest BCUT2D eigenvalue weighted by Crippen LogP contribution is -2.30. The highest BCUT2D eigenvalue weighted by atomic mass is 16.4. The lowest BCUT2D eigenvalue weighted by atomic mass is 9.91. The van der Waals surface area contributed by atoms with Crippen molar-refractivity contribution in [2.24, 2.45) is 0 Å². The maximum absolute atomic E-state index is 12.2. The summed E-state index contributed by atoms with van der Waals surface area (Å²) in [6.45, 7) is 3.95. The summed E-state index contributed by atoms with van der Waals surface area (Å²) in [6, 6.07) is 5.28. The van der Waals surface area contributed by atoms with Crippen molar-refractivity contribution in [1.29, 1.82) is 0 Å². The van der Waals surface area contributed by atoms with Crippen molar-refractivity contribution < 1.29 is 19.8 Å². The van der Waals surface area contributed by atoms with Crippen LogP contribution in [0.2, 0.25) is 0 Å². The Morgan fingerprint density at radius 1 is 1.22 bits per heavy atom. The molecule has 1 aliphatic heterocycles. The minimum atomic E-state index is -1.50. The third-order valence-corrected chi connectivity index (χ3v) is 4.75. The van der Waals surface area contributed by atoms with Crippen LogP contribution >= 0.6 is 0 Å². The van der Waals surface area contributed by atoms with Gasteiger partial charge in [0.25, 0.3) is 5.56 Å². The molecule has 0 radical (unpaired) electrons. The van der Waals surface area contributed by atoms with E-state index in [0.29, 0.717) is 5.56 Å². The summed E-state index contributed by atoms with van der Waals surface area (Å²) in [6.07, 6.45) is 2.75. The first-order valence-electron chi connectivity index (χ1n) is 8.75. The van der Waals surface area contributed by atoms with Crippen molar-refractivity contribution in [2.45, 2.75) is 26.2 Å². The lowest BCUT2D eigenvalue weighted by molar-refractivity contribution is 0.0695. The fourth-order valence-electron chi connectivity index (χ4n) is 3.67. The summed E-state index contributed by atoms with van der Waals surface area (Å²) in [4.78, 5) is 39.9. The number of aromatic carboxylic acids is 2. The molecule has 0 saturated heterocycles. The predicted octanol–water partition coefficient (Wildman–Crippen LogP) is 2.18. The second-order valence-corrected chi connectivity index (χ2v) is 6.54. The van der Waals surface area contributed by atoms with Gasteiger partial charge in [0.05, 0.1) is 0 Å². The van der Waals surface area contributed by atoms with E-state index < -0.39 is 28.6 Å². The highest BCUT2D eigenvalue weighted by Gasteiger charge is 2.27. The van der Waals surface area contributed by atoms with Crippen molar-refractivity contribution in [1.82, 2.24) is 4.98 Å². The number of aromatic nitrogens is 1. The van der Waals surface area contributed by atoms with Crippen LogP contribution in [0.4, 0.5) is 11.5 Å². The normalized spacial score (nSPS) is 13.3. The Hall–Kier alpha value is -3.29. The summed E-state index contributed by atoms with van der Waals surface area (Å²) in [7, 11) is 0. The molecular formula is C19H21N3O5. The van der Waals surface area contributed by atoms with E-state index >= 15 is 0 Å². The second-order valence-electron chi connectivity index (χ2n) is 6.54. The maximum Gasteiger partial charge on any atom is 0.342 e. The first-order valence-corrected chi connectivity index (χ1v) is 8.75. The van der Waals surface area contributed by atoms with Crippen molar-refractivity contribution >= 4 is 23.4 Å². The Kier molecular flexibility index (Phi) is 4.89. The number of nitrogens with two attached hydrogens (primary N) is 1. The second kappa shape index (κ2) is 7.14. The van der Waals surface area contributed by atoms with Crippen LogP contribution in [-0.2, 0) is 6.42 Å². The summed E-state index contributed by atoms with van der Waals surface area (Å²) in [5, 5.41) is 19.0. The summed E-state index contributed by atoms with van der Waals surface area (Å²) in [5.74, 6) is -3.26. The van der Waals surface area contributed by atoms with Crippen LogP contribution in [0.3, 0.4) is 0 Å². The summed E-state index contributed by atoms with van der Waals surface area (Å²) in [5.41, 5.74) is 5.99. The molecule has 2 aromatic rings. The number of H-pyrrole nitrogens is 1. The lowest BCUT2D eigenvalue weighted by Gasteiger charge is -2.31. The van der Waals surface area contributed by atoms with Gasteiger partial charge in [0.2, 0.25) is 0 Å². The zero-order valence-corrected chi connectivity index (χ0v) is 14.9. The molecule has 0 saturated carbocycles. The van der Waals surface area contributed by atoms with E-state index in [0.717, 1.165) is 43.6 Å². The zero-order valence-electron chi connectivity index (χ0n) is 14.9. The molecule has 142 valence electrons. The van der Waals surface area contributed by atoms with Crippen molar-refractivity contribution in [3.8, 4) is 11.1 Å². The third-order valence-electron chi connectivity index (χ3n) is 4.75. The van der Waals surface area contributed by atoms with Gasteiger partial charge in [-0.1, -0.05) is 13.0 Å². The van der Waals surface area contributed by atoms with E-state index in [1.54, 1.807) is 12.1 Å². The highest BCUT2D eigenvalue weighted by Crippen LogP contribution is 2.35. The number of anilines is 2. The number of hydrogen-bond acceptors (Lipinski definition) is 5. The first-order chi connectivity index (χ1) is 12.8. The number of hydrogen-bond donors (Lipinski definition) is 4. The fraction of sp³-hybridized carbons (Fsp3) is 0.316. The monoisotopic (exact) mass is 371 g/mol. The van der Waals surface area contributed by atoms with Crippen LogP contribution in [0.25, 0.3) is 11.1 Å². The molecule has 2 heterocycles. The summed E-state index contributed by atoms with van der Waals surface area (Å²) >= 11 is 0. The molecule has 0 bridgehead atoms. The summed E-state index contributed by atoms with van der Waals surface area (Å²) < 4.78 is 0. The van der Waals surface area contributed by atoms with E-state index in [4.69, 9.17) is 5.73 Å². The van der Waals surface area contributed by atoms with Crippen molar-refractivity contribution in [2.75, 3.05) is 23.7 Å². The van der Waals surface area contributed by atoms with Crippen molar-refractivity contribution in [3.63, 3.8) is 0 Å². The molecule has 1 aliphatic rings. The molecule has 8 nitrogen and oxygen atoms in total. The van der Waals surface area contributed by atoms with Gasteiger partial charge in [-0.3, -0.25) is 4.79 Å². The van der Waals surface area contributed by atoms with Gasteiger partial charge in [-0.05, 0) is 42.5 Å². The average Bonchev–Trinajstić information content (AvgIpc) is 2.60. The average molecular weight is 371 g/mol. The number of fused-ring (bicyclic) bond motifs is 1. The van der Waals surface area contributed by atoms with Crippen molar-refractivity contribution in [3.05, 3.63) is 45.2 Å². The number of nitrogens with zero attached hydrogens (tertiary/aromatic N) is 1. The van der Waals surface area contributed by atoms with E-state index in [2.05, 4.69) is 16.8 Å². The zero-order chi connectivity index (χ0) is 19.7. The number of aromatic amines is 1. The number of rotatable bonds is 5. The number of nitrogen functional groups attached to an aromatic ring is 1. The largest absolute Gasteiger partial charge is 0.478 e. The Morgan fingerprint density at radius 3 is 2.56 bits per heavy atom. The molecule has 5 N–H and O–H groups in total. The number of benzene rings is 1. The third kappa shape index (κ3) is 3.25. The molecule has 0 aliphatic carbocycles. The molecule has 0 atom stereocenters. The van der Waals surface area contributed by atoms with Crippen LogP contribution in [0.15, 0.2) is 23.0 Å². The standard InChI is InChI=1S/C19H21N3O5/c1-2-7-22-8-3-4-10-9-11(5-6-12(10)22)13-14(18(24)25)16(20)21-17(23)15(13)19(26)27/h5-6,9H,2-4,7-8H2,1H3,(H,24,25)(H,26,27)(H3,20,21,23). The van der Waals surface area contributed by atoms with Crippen LogP contribution in [0.1, 0.15) is 46.0 Å². The Bertz CT molecular complexity index is 980. The molecule has 1 aromatic heterocycles. The first kappa shape index (κ1) is 18.5. The van der Waals surface area contributed by atoms with E-state index in [9.17, 15) is 24.6 Å². The molecule has 27 heavy (non-hydrogen) atoms. The van der Waals surface area contributed by atoms with Crippen LogP contribution in [0, 0.1) is 0 Å². The van der Waals surface area contributed by atoms with Gasteiger partial charge in [-0.15, -0.1) is 0 Å². The molecular weight excluding hydrogens is 350 g/mol. The SMILES string of the molecule is CCCN1CCCc2cc(-c3c(C(=O)O)c(N)[nH]c(=O)c3C(=O)O)ccc21. The van der Waals surface area contributed by atoms with E-state index in [1.807, 2.05) is 6.07 Å². The molecule has 0 spiro atoms. The van der Waals surface area contributed by atoms with Crippen LogP contribution in [-0.4, -0.2) is 40.2 Å². The Balaban J connectivity index is 2.27.